The summed E-state index contributed by atoms with van der Waals surface area (Å²) in [6, 6.07) is 0. The van der Waals surface area contributed by atoms with E-state index < -0.39 is 11.0 Å². The summed E-state index contributed by atoms with van der Waals surface area (Å²) >= 11 is 0. The molecule has 0 saturated heterocycles. The fourth-order valence-electron chi connectivity index (χ4n) is 6.83. The van der Waals surface area contributed by atoms with Crippen LogP contribution in [0.3, 0.4) is 0 Å². The first-order valence-electron chi connectivity index (χ1n) is 10.6. The molecule has 0 aromatic heterocycles. The Balaban J connectivity index is 1.70. The Morgan fingerprint density at radius 1 is 1.30 bits per heavy atom. The van der Waals surface area contributed by atoms with Gasteiger partial charge in [-0.25, -0.2) is 0 Å². The van der Waals surface area contributed by atoms with E-state index >= 15 is 0 Å². The second kappa shape index (κ2) is 6.07. The molecule has 0 bridgehead atoms. The van der Waals surface area contributed by atoms with Crippen LogP contribution in [-0.4, -0.2) is 23.1 Å². The monoisotopic (exact) mass is 370 g/mol. The maximum absolute atomic E-state index is 13.2. The number of hydrogen-bond donors (Lipinski definition) is 1. The minimum Gasteiger partial charge on any atom is -0.498 e. The van der Waals surface area contributed by atoms with Gasteiger partial charge in [0.05, 0.1) is 12.4 Å². The Labute approximate surface area is 163 Å². The van der Waals surface area contributed by atoms with Crippen LogP contribution in [0.4, 0.5) is 0 Å². The lowest BCUT2D eigenvalue weighted by Crippen LogP contribution is -2.49. The number of Topliss-reactive ketones (excluding diaryl/α,β-unsaturated/α-hetero) is 1. The van der Waals surface area contributed by atoms with Gasteiger partial charge in [0.2, 0.25) is 0 Å². The first kappa shape index (κ1) is 19.0. The van der Waals surface area contributed by atoms with E-state index in [9.17, 15) is 9.90 Å². The van der Waals surface area contributed by atoms with Gasteiger partial charge < -0.3 is 9.84 Å². The third-order valence-electron chi connectivity index (χ3n) is 8.57. The third kappa shape index (κ3) is 2.46. The van der Waals surface area contributed by atoms with Crippen molar-refractivity contribution in [2.45, 2.75) is 71.8 Å². The quantitative estimate of drug-likeness (QED) is 0.714. The molecule has 2 fully saturated rings. The molecule has 148 valence electrons. The van der Waals surface area contributed by atoms with E-state index in [0.717, 1.165) is 44.5 Å². The molecule has 3 nitrogen and oxygen atoms in total. The molecule has 4 rings (SSSR count). The molecular weight excluding hydrogens is 336 g/mol. The molecule has 0 aromatic carbocycles. The lowest BCUT2D eigenvalue weighted by molar-refractivity contribution is -0.140. The van der Waals surface area contributed by atoms with Gasteiger partial charge in [-0.1, -0.05) is 26.5 Å². The Kier molecular flexibility index (Phi) is 4.27. The van der Waals surface area contributed by atoms with Crippen LogP contribution in [0.1, 0.15) is 66.2 Å². The number of carbonyl (C=O) groups excluding carboxylic acids is 1. The van der Waals surface area contributed by atoms with Crippen LogP contribution >= 0.6 is 0 Å². The van der Waals surface area contributed by atoms with Crippen molar-refractivity contribution in [1.82, 2.24) is 0 Å². The number of ketones is 1. The summed E-state index contributed by atoms with van der Waals surface area (Å²) in [5, 5.41) is 11.1. The minimum absolute atomic E-state index is 0.0213. The van der Waals surface area contributed by atoms with E-state index in [1.54, 1.807) is 6.92 Å². The molecule has 0 radical (unpaired) electrons. The Bertz CT molecular complexity index is 747. The fraction of sp³-hybridized carbons (Fsp3) is 0.708. The van der Waals surface area contributed by atoms with Crippen molar-refractivity contribution in [2.75, 3.05) is 6.61 Å². The third-order valence-corrected chi connectivity index (χ3v) is 8.57. The number of carbonyl (C=O) groups is 1. The highest BCUT2D eigenvalue weighted by molar-refractivity contribution is 5.97. The Hall–Kier alpha value is -1.35. The van der Waals surface area contributed by atoms with Crippen molar-refractivity contribution < 1.29 is 14.6 Å². The van der Waals surface area contributed by atoms with Crippen LogP contribution in [0.5, 0.6) is 0 Å². The average Bonchev–Trinajstić information content (AvgIpc) is 2.84. The van der Waals surface area contributed by atoms with Gasteiger partial charge in [-0.3, -0.25) is 4.79 Å². The molecule has 0 spiro atoms. The molecule has 0 aromatic rings. The van der Waals surface area contributed by atoms with Gasteiger partial charge in [0.25, 0.3) is 0 Å². The zero-order chi connectivity index (χ0) is 19.6. The molecule has 4 aliphatic carbocycles. The van der Waals surface area contributed by atoms with Crippen LogP contribution in [0.25, 0.3) is 0 Å². The Morgan fingerprint density at radius 2 is 2.04 bits per heavy atom. The first-order valence-corrected chi connectivity index (χ1v) is 10.6. The van der Waals surface area contributed by atoms with Gasteiger partial charge in [-0.2, -0.15) is 0 Å². The van der Waals surface area contributed by atoms with E-state index in [1.165, 1.54) is 5.57 Å². The number of fused-ring (bicyclic) bond motifs is 5. The summed E-state index contributed by atoms with van der Waals surface area (Å²) < 4.78 is 5.80. The maximum atomic E-state index is 13.2. The molecule has 1 unspecified atom stereocenters. The van der Waals surface area contributed by atoms with Gasteiger partial charge in [0, 0.05) is 11.8 Å². The lowest BCUT2D eigenvalue weighted by Gasteiger charge is -2.55. The average molecular weight is 371 g/mol. The molecule has 0 heterocycles. The highest BCUT2D eigenvalue weighted by Crippen LogP contribution is 2.65. The van der Waals surface area contributed by atoms with Crippen LogP contribution in [0.2, 0.25) is 0 Å². The van der Waals surface area contributed by atoms with Crippen molar-refractivity contribution in [1.29, 1.82) is 0 Å². The second-order valence-corrected chi connectivity index (χ2v) is 9.86. The van der Waals surface area contributed by atoms with Crippen LogP contribution in [0.15, 0.2) is 35.6 Å². The molecule has 6 atom stereocenters. The topological polar surface area (TPSA) is 46.5 Å². The van der Waals surface area contributed by atoms with Gasteiger partial charge >= 0.3 is 0 Å². The first-order chi connectivity index (χ1) is 12.7. The summed E-state index contributed by atoms with van der Waals surface area (Å²) in [6.07, 6.45) is 10.3. The molecule has 0 aliphatic heterocycles. The molecule has 2 saturated carbocycles. The van der Waals surface area contributed by atoms with Crippen molar-refractivity contribution in [3.8, 4) is 0 Å². The maximum Gasteiger partial charge on any atom is 0.174 e. The number of hydrogen-bond acceptors (Lipinski definition) is 3. The van der Waals surface area contributed by atoms with Crippen molar-refractivity contribution in [2.24, 2.45) is 28.6 Å². The molecule has 1 N–H and O–H groups in total. The highest BCUT2D eigenvalue weighted by atomic mass is 16.5. The van der Waals surface area contributed by atoms with Gasteiger partial charge in [0.15, 0.2) is 5.78 Å². The summed E-state index contributed by atoms with van der Waals surface area (Å²) in [4.78, 5) is 13.2. The van der Waals surface area contributed by atoms with Gasteiger partial charge in [-0.05, 0) is 86.3 Å². The van der Waals surface area contributed by atoms with Crippen molar-refractivity contribution in [3.05, 3.63) is 35.6 Å². The second-order valence-electron chi connectivity index (χ2n) is 9.86. The number of allylic oxidation sites excluding steroid dienone is 4. The van der Waals surface area contributed by atoms with E-state index in [-0.39, 0.29) is 17.1 Å². The largest absolute Gasteiger partial charge is 0.498 e. The Morgan fingerprint density at radius 3 is 2.70 bits per heavy atom. The zero-order valence-corrected chi connectivity index (χ0v) is 17.3. The molecule has 4 aliphatic rings. The zero-order valence-electron chi connectivity index (χ0n) is 17.3. The van der Waals surface area contributed by atoms with Crippen LogP contribution in [-0.2, 0) is 9.53 Å². The predicted molar refractivity (Wildman–Crippen MR) is 107 cm³/mol. The van der Waals surface area contributed by atoms with Crippen molar-refractivity contribution in [3.63, 3.8) is 0 Å². The molecule has 3 heteroatoms. The summed E-state index contributed by atoms with van der Waals surface area (Å²) in [5.41, 5.74) is 0.477. The fourth-order valence-corrected chi connectivity index (χ4v) is 6.83. The lowest BCUT2D eigenvalue weighted by atomic mass is 9.49. The number of aliphatic hydroxyl groups is 1. The van der Waals surface area contributed by atoms with E-state index in [1.807, 2.05) is 6.92 Å². The van der Waals surface area contributed by atoms with Crippen LogP contribution < -0.4 is 0 Å². The predicted octanol–water partition coefficient (Wildman–Crippen LogP) is 4.97. The number of ether oxygens (including phenoxy) is 1. The van der Waals surface area contributed by atoms with E-state index in [4.69, 9.17) is 4.74 Å². The van der Waals surface area contributed by atoms with E-state index in [2.05, 4.69) is 32.6 Å². The minimum atomic E-state index is -1.33. The summed E-state index contributed by atoms with van der Waals surface area (Å²) in [7, 11) is 0. The number of rotatable bonds is 3. The SMILES string of the molecule is C=C(C)C1(O)C[C@H]2[C@@H]3CC=C4C=C(OCC)CC[C@]4(C)[C@H]3CC[C@]2(C)C1=O. The molecular formula is C24H34O3. The smallest absolute Gasteiger partial charge is 0.174 e. The standard InChI is InChI=1S/C24H34O3/c1-6-27-17-9-11-22(4)16(13-17)7-8-18-19(22)10-12-23(5)20(18)14-24(26,15(2)3)21(23)25/h7,13,18-20,26H,2,6,8-12,14H2,1,3-5H3/t18-,19+,20+,22+,23+,24?/m1/s1. The summed E-state index contributed by atoms with van der Waals surface area (Å²) in [5.74, 6) is 2.44. The van der Waals surface area contributed by atoms with E-state index in [0.29, 0.717) is 23.8 Å². The van der Waals surface area contributed by atoms with Gasteiger partial charge in [-0.15, -0.1) is 0 Å². The molecule has 27 heavy (non-hydrogen) atoms. The van der Waals surface area contributed by atoms with Crippen LogP contribution in [0, 0.1) is 28.6 Å². The normalized spacial score (nSPS) is 46.0. The highest BCUT2D eigenvalue weighted by Gasteiger charge is 2.65. The molecule has 0 amide bonds. The summed E-state index contributed by atoms with van der Waals surface area (Å²) in [6.45, 7) is 13.0. The van der Waals surface area contributed by atoms with Crippen molar-refractivity contribution >= 4 is 5.78 Å². The van der Waals surface area contributed by atoms with Gasteiger partial charge in [0.1, 0.15) is 5.60 Å².